The highest BCUT2D eigenvalue weighted by Gasteiger charge is 2.27. The van der Waals surface area contributed by atoms with E-state index in [-0.39, 0.29) is 11.5 Å². The van der Waals surface area contributed by atoms with Crippen molar-refractivity contribution in [1.29, 1.82) is 0 Å². The Bertz CT molecular complexity index is 732. The summed E-state index contributed by atoms with van der Waals surface area (Å²) in [6, 6.07) is 7.46. The van der Waals surface area contributed by atoms with E-state index in [1.165, 1.54) is 6.33 Å². The van der Waals surface area contributed by atoms with Gasteiger partial charge < -0.3 is 19.7 Å². The molecule has 1 N–H and O–H groups in total. The second-order valence-electron chi connectivity index (χ2n) is 5.45. The van der Waals surface area contributed by atoms with Gasteiger partial charge in [0, 0.05) is 19.6 Å². The molecule has 0 aliphatic carbocycles. The Kier molecular flexibility index (Phi) is 5.24. The van der Waals surface area contributed by atoms with Crippen LogP contribution < -0.4 is 15.0 Å². The van der Waals surface area contributed by atoms with Crippen molar-refractivity contribution in [2.24, 2.45) is 0 Å². The number of hydrogen-bond acceptors (Lipinski definition) is 8. The zero-order chi connectivity index (χ0) is 17.6. The molecule has 2 heterocycles. The number of morpholine rings is 1. The Labute approximate surface area is 144 Å². The molecule has 0 unspecified atom stereocenters. The molecule has 0 amide bonds. The van der Waals surface area contributed by atoms with Crippen LogP contribution in [-0.2, 0) is 11.3 Å². The molecule has 0 atom stereocenters. The van der Waals surface area contributed by atoms with Crippen molar-refractivity contribution < 1.29 is 14.4 Å². The van der Waals surface area contributed by atoms with Gasteiger partial charge in [-0.15, -0.1) is 0 Å². The van der Waals surface area contributed by atoms with Crippen LogP contribution in [-0.4, -0.2) is 48.3 Å². The van der Waals surface area contributed by atoms with Crippen molar-refractivity contribution in [3.8, 4) is 5.75 Å². The first kappa shape index (κ1) is 16.9. The largest absolute Gasteiger partial charge is 0.497 e. The first-order chi connectivity index (χ1) is 12.2. The smallest absolute Gasteiger partial charge is 0.353 e. The van der Waals surface area contributed by atoms with Crippen LogP contribution >= 0.6 is 0 Å². The molecule has 1 fully saturated rings. The number of nitro groups is 1. The van der Waals surface area contributed by atoms with Crippen molar-refractivity contribution in [2.45, 2.75) is 6.54 Å². The molecule has 2 aromatic rings. The molecule has 0 spiro atoms. The first-order valence-corrected chi connectivity index (χ1v) is 7.88. The molecule has 1 aromatic heterocycles. The van der Waals surface area contributed by atoms with Crippen LogP contribution in [0.4, 0.5) is 17.3 Å². The molecule has 1 aromatic carbocycles. The summed E-state index contributed by atoms with van der Waals surface area (Å²) in [5.41, 5.74) is 0.847. The quantitative estimate of drug-likeness (QED) is 0.625. The van der Waals surface area contributed by atoms with E-state index in [0.29, 0.717) is 38.7 Å². The standard InChI is InChI=1S/C16H19N5O4/c1-24-13-4-2-12(3-5-13)10-17-15-14(21(22)23)16(19-11-18-15)20-6-8-25-9-7-20/h2-5,11H,6-10H2,1H3,(H,17,18,19). The summed E-state index contributed by atoms with van der Waals surface area (Å²) >= 11 is 0. The van der Waals surface area contributed by atoms with Crippen molar-refractivity contribution in [1.82, 2.24) is 9.97 Å². The van der Waals surface area contributed by atoms with Gasteiger partial charge in [0.1, 0.15) is 12.1 Å². The maximum Gasteiger partial charge on any atom is 0.353 e. The van der Waals surface area contributed by atoms with Gasteiger partial charge >= 0.3 is 5.69 Å². The Balaban J connectivity index is 1.81. The van der Waals surface area contributed by atoms with Crippen LogP contribution in [0, 0.1) is 10.1 Å². The minimum atomic E-state index is -0.443. The van der Waals surface area contributed by atoms with E-state index in [2.05, 4.69) is 15.3 Å². The predicted octanol–water partition coefficient (Wildman–Crippen LogP) is 1.84. The summed E-state index contributed by atoms with van der Waals surface area (Å²) in [6.45, 7) is 2.58. The average Bonchev–Trinajstić information content (AvgIpc) is 2.67. The second kappa shape index (κ2) is 7.75. The normalized spacial score (nSPS) is 14.2. The van der Waals surface area contributed by atoms with E-state index in [0.717, 1.165) is 11.3 Å². The summed E-state index contributed by atoms with van der Waals surface area (Å²) < 4.78 is 10.4. The highest BCUT2D eigenvalue weighted by atomic mass is 16.6. The molecule has 0 saturated carbocycles. The first-order valence-electron chi connectivity index (χ1n) is 7.88. The van der Waals surface area contributed by atoms with Crippen molar-refractivity contribution in [2.75, 3.05) is 43.6 Å². The third kappa shape index (κ3) is 3.94. The Morgan fingerprint density at radius 2 is 2.00 bits per heavy atom. The van der Waals surface area contributed by atoms with E-state index < -0.39 is 4.92 Å². The minimum absolute atomic E-state index is 0.113. The number of hydrogen-bond donors (Lipinski definition) is 1. The number of benzene rings is 1. The molecular weight excluding hydrogens is 326 g/mol. The lowest BCUT2D eigenvalue weighted by atomic mass is 10.2. The molecule has 3 rings (SSSR count). The molecule has 9 heteroatoms. The van der Waals surface area contributed by atoms with Crippen molar-refractivity contribution in [3.05, 3.63) is 46.3 Å². The predicted molar refractivity (Wildman–Crippen MR) is 92.0 cm³/mol. The zero-order valence-electron chi connectivity index (χ0n) is 13.8. The third-order valence-corrected chi connectivity index (χ3v) is 3.92. The fourth-order valence-electron chi connectivity index (χ4n) is 2.60. The minimum Gasteiger partial charge on any atom is -0.497 e. The van der Waals surface area contributed by atoms with Gasteiger partial charge in [-0.2, -0.15) is 0 Å². The van der Waals surface area contributed by atoms with Crippen LogP contribution in [0.15, 0.2) is 30.6 Å². The van der Waals surface area contributed by atoms with Gasteiger partial charge in [0.2, 0.25) is 11.6 Å². The van der Waals surface area contributed by atoms with Crippen LogP contribution in [0.1, 0.15) is 5.56 Å². The Morgan fingerprint density at radius 3 is 2.64 bits per heavy atom. The Hall–Kier alpha value is -2.94. The number of rotatable bonds is 6. The number of anilines is 2. The van der Waals surface area contributed by atoms with E-state index in [1.807, 2.05) is 29.2 Å². The number of ether oxygens (including phenoxy) is 2. The molecule has 9 nitrogen and oxygen atoms in total. The van der Waals surface area contributed by atoms with Gasteiger partial charge in [0.25, 0.3) is 0 Å². The Morgan fingerprint density at radius 1 is 1.28 bits per heavy atom. The zero-order valence-corrected chi connectivity index (χ0v) is 13.8. The molecule has 1 aliphatic rings. The van der Waals surface area contributed by atoms with Crippen molar-refractivity contribution >= 4 is 17.3 Å². The molecular formula is C16H19N5O4. The van der Waals surface area contributed by atoms with Gasteiger partial charge in [0.15, 0.2) is 0 Å². The highest BCUT2D eigenvalue weighted by Crippen LogP contribution is 2.32. The fourth-order valence-corrected chi connectivity index (χ4v) is 2.60. The molecule has 132 valence electrons. The summed E-state index contributed by atoms with van der Waals surface area (Å²) in [7, 11) is 1.60. The lowest BCUT2D eigenvalue weighted by Crippen LogP contribution is -2.37. The number of nitrogens with zero attached hydrogens (tertiary/aromatic N) is 4. The fraction of sp³-hybridized carbons (Fsp3) is 0.375. The third-order valence-electron chi connectivity index (χ3n) is 3.92. The van der Waals surface area contributed by atoms with Gasteiger partial charge in [-0.3, -0.25) is 10.1 Å². The summed E-state index contributed by atoms with van der Waals surface area (Å²) in [6.07, 6.45) is 1.34. The summed E-state index contributed by atoms with van der Waals surface area (Å²) in [4.78, 5) is 21.2. The van der Waals surface area contributed by atoms with Gasteiger partial charge in [0.05, 0.1) is 25.2 Å². The summed E-state index contributed by atoms with van der Waals surface area (Å²) in [5.74, 6) is 1.28. The maximum atomic E-state index is 11.6. The van der Waals surface area contributed by atoms with E-state index in [9.17, 15) is 10.1 Å². The van der Waals surface area contributed by atoms with Crippen LogP contribution in [0.25, 0.3) is 0 Å². The lowest BCUT2D eigenvalue weighted by Gasteiger charge is -2.27. The van der Waals surface area contributed by atoms with Crippen molar-refractivity contribution in [3.63, 3.8) is 0 Å². The highest BCUT2D eigenvalue weighted by molar-refractivity contribution is 5.70. The van der Waals surface area contributed by atoms with Crippen LogP contribution in [0.2, 0.25) is 0 Å². The second-order valence-corrected chi connectivity index (χ2v) is 5.45. The van der Waals surface area contributed by atoms with Gasteiger partial charge in [-0.1, -0.05) is 12.1 Å². The van der Waals surface area contributed by atoms with Crippen LogP contribution in [0.5, 0.6) is 5.75 Å². The lowest BCUT2D eigenvalue weighted by molar-refractivity contribution is -0.383. The number of methoxy groups -OCH3 is 1. The molecule has 0 bridgehead atoms. The molecule has 1 saturated heterocycles. The number of nitrogens with one attached hydrogen (secondary N) is 1. The molecule has 25 heavy (non-hydrogen) atoms. The average molecular weight is 345 g/mol. The SMILES string of the molecule is COc1ccc(CNc2ncnc(N3CCOCC3)c2[N+](=O)[O-])cc1. The van der Waals surface area contributed by atoms with Gasteiger partial charge in [-0.05, 0) is 17.7 Å². The topological polar surface area (TPSA) is 103 Å². The van der Waals surface area contributed by atoms with Crippen LogP contribution in [0.3, 0.4) is 0 Å². The van der Waals surface area contributed by atoms with E-state index >= 15 is 0 Å². The van der Waals surface area contributed by atoms with Gasteiger partial charge in [-0.25, -0.2) is 9.97 Å². The maximum absolute atomic E-state index is 11.6. The van der Waals surface area contributed by atoms with E-state index in [4.69, 9.17) is 9.47 Å². The molecule has 1 aliphatic heterocycles. The number of aromatic nitrogens is 2. The monoisotopic (exact) mass is 345 g/mol. The molecule has 0 radical (unpaired) electrons. The van der Waals surface area contributed by atoms with E-state index in [1.54, 1.807) is 7.11 Å². The summed E-state index contributed by atoms with van der Waals surface area (Å²) in [5, 5.41) is 14.6.